The van der Waals surface area contributed by atoms with Crippen LogP contribution in [0.5, 0.6) is 11.5 Å². The van der Waals surface area contributed by atoms with Gasteiger partial charge in [-0.25, -0.2) is 0 Å². The maximum atomic E-state index is 12.6. The quantitative estimate of drug-likeness (QED) is 0.315. The fraction of sp³-hybridized carbons (Fsp3) is 0.158. The van der Waals surface area contributed by atoms with Crippen LogP contribution in [0.4, 0.5) is 11.4 Å². The summed E-state index contributed by atoms with van der Waals surface area (Å²) in [5.74, 6) is -0.217. The number of fused-ring (bicyclic) bond motifs is 1. The number of nitriles is 1. The van der Waals surface area contributed by atoms with Gasteiger partial charge in [0.25, 0.3) is 5.69 Å². The maximum absolute atomic E-state index is 12.6. The van der Waals surface area contributed by atoms with E-state index < -0.39 is 17.3 Å². The Labute approximate surface area is 165 Å². The molecule has 0 bridgehead atoms. The van der Waals surface area contributed by atoms with Gasteiger partial charge in [0.15, 0.2) is 18.1 Å². The van der Waals surface area contributed by atoms with Gasteiger partial charge in [0.2, 0.25) is 5.78 Å². The van der Waals surface area contributed by atoms with E-state index >= 15 is 0 Å². The first kappa shape index (κ1) is 19.3. The van der Waals surface area contributed by atoms with Crippen molar-refractivity contribution in [2.24, 2.45) is 0 Å². The van der Waals surface area contributed by atoms with Crippen LogP contribution in [0.25, 0.3) is 0 Å². The van der Waals surface area contributed by atoms with Gasteiger partial charge >= 0.3 is 0 Å². The van der Waals surface area contributed by atoms with Crippen molar-refractivity contribution in [1.29, 1.82) is 5.26 Å². The molecule has 0 N–H and O–H groups in total. The molecule has 1 aliphatic heterocycles. The molecule has 1 aliphatic rings. The average Bonchev–Trinajstić information content (AvgIpc) is 3.03. The summed E-state index contributed by atoms with van der Waals surface area (Å²) in [6.07, 6.45) is 0. The number of nitrogens with zero attached hydrogens (tertiary/aromatic N) is 3. The molecule has 0 spiro atoms. The van der Waals surface area contributed by atoms with Crippen molar-refractivity contribution in [1.82, 2.24) is 0 Å². The van der Waals surface area contributed by atoms with Crippen LogP contribution in [0.15, 0.2) is 58.0 Å². The molecule has 0 radical (unpaired) electrons. The SMILES string of the molecule is COc1ccc([N+](=O)[O-])cc1OCC(=O)/C(C#N)=C1/Sc2ccccc2N1C. The van der Waals surface area contributed by atoms with Gasteiger partial charge in [-0.1, -0.05) is 23.9 Å². The van der Waals surface area contributed by atoms with Crippen molar-refractivity contribution in [3.63, 3.8) is 0 Å². The monoisotopic (exact) mass is 397 g/mol. The second-order valence-corrected chi connectivity index (χ2v) is 6.76. The third kappa shape index (κ3) is 3.63. The van der Waals surface area contributed by atoms with E-state index in [-0.39, 0.29) is 22.8 Å². The number of para-hydroxylation sites is 1. The smallest absolute Gasteiger partial charge is 0.273 e. The van der Waals surface area contributed by atoms with Crippen LogP contribution in [0, 0.1) is 21.4 Å². The van der Waals surface area contributed by atoms with Gasteiger partial charge in [-0.3, -0.25) is 14.9 Å². The Morgan fingerprint density at radius 1 is 1.29 bits per heavy atom. The first-order chi connectivity index (χ1) is 13.5. The third-order valence-electron chi connectivity index (χ3n) is 4.06. The van der Waals surface area contributed by atoms with Crippen LogP contribution in [0.1, 0.15) is 0 Å². The Balaban J connectivity index is 1.83. The number of non-ortho nitro benzene ring substituents is 1. The molecule has 1 heterocycles. The number of ether oxygens (including phenoxy) is 2. The van der Waals surface area contributed by atoms with Gasteiger partial charge in [-0.2, -0.15) is 5.26 Å². The van der Waals surface area contributed by atoms with Crippen LogP contribution >= 0.6 is 11.8 Å². The molecule has 0 atom stereocenters. The van der Waals surface area contributed by atoms with E-state index in [2.05, 4.69) is 0 Å². The number of nitro groups is 1. The zero-order valence-electron chi connectivity index (χ0n) is 15.0. The predicted molar refractivity (Wildman–Crippen MR) is 103 cm³/mol. The van der Waals surface area contributed by atoms with Gasteiger partial charge in [-0.15, -0.1) is 0 Å². The minimum absolute atomic E-state index is 0.0342. The number of thioether (sulfide) groups is 1. The number of carbonyl (C=O) groups is 1. The summed E-state index contributed by atoms with van der Waals surface area (Å²) in [7, 11) is 3.17. The standard InChI is InChI=1S/C19H15N3O5S/c1-21-14-5-3-4-6-18(14)28-19(21)13(10-20)15(23)11-27-17-9-12(22(24)25)7-8-16(17)26-2/h3-9H,11H2,1-2H3/b19-13+. The topological polar surface area (TPSA) is 106 Å². The van der Waals surface area contributed by atoms with Crippen molar-refractivity contribution in [3.8, 4) is 17.6 Å². The number of hydrogen-bond donors (Lipinski definition) is 0. The van der Waals surface area contributed by atoms with Crippen LogP contribution in [0.3, 0.4) is 0 Å². The summed E-state index contributed by atoms with van der Waals surface area (Å²) in [4.78, 5) is 25.7. The van der Waals surface area contributed by atoms with Crippen molar-refractivity contribution in [3.05, 3.63) is 63.2 Å². The predicted octanol–water partition coefficient (Wildman–Crippen LogP) is 3.53. The van der Waals surface area contributed by atoms with E-state index in [4.69, 9.17) is 9.47 Å². The summed E-state index contributed by atoms with van der Waals surface area (Å²) >= 11 is 1.33. The molecular formula is C19H15N3O5S. The highest BCUT2D eigenvalue weighted by Crippen LogP contribution is 2.46. The second kappa shape index (κ2) is 8.02. The Kier molecular flexibility index (Phi) is 5.52. The van der Waals surface area contributed by atoms with Crippen LogP contribution < -0.4 is 14.4 Å². The fourth-order valence-electron chi connectivity index (χ4n) is 2.66. The summed E-state index contributed by atoms with van der Waals surface area (Å²) in [6.45, 7) is -0.450. The summed E-state index contributed by atoms with van der Waals surface area (Å²) < 4.78 is 10.6. The normalized spacial score (nSPS) is 14.1. The summed E-state index contributed by atoms with van der Waals surface area (Å²) in [5.41, 5.74) is 0.682. The van der Waals surface area contributed by atoms with Crippen LogP contribution in [-0.2, 0) is 4.79 Å². The maximum Gasteiger partial charge on any atom is 0.273 e. The number of benzene rings is 2. The van der Waals surface area contributed by atoms with Gasteiger partial charge in [0.1, 0.15) is 16.7 Å². The molecule has 0 unspecified atom stereocenters. The molecule has 0 aliphatic carbocycles. The number of methoxy groups -OCH3 is 1. The lowest BCUT2D eigenvalue weighted by Gasteiger charge is -2.15. The van der Waals surface area contributed by atoms with Crippen LogP contribution in [-0.4, -0.2) is 31.5 Å². The molecule has 142 valence electrons. The van der Waals surface area contributed by atoms with Gasteiger partial charge in [-0.05, 0) is 18.2 Å². The number of rotatable bonds is 6. The average molecular weight is 397 g/mol. The van der Waals surface area contributed by atoms with Crippen LogP contribution in [0.2, 0.25) is 0 Å². The Morgan fingerprint density at radius 2 is 2.04 bits per heavy atom. The fourth-order valence-corrected chi connectivity index (χ4v) is 3.82. The molecule has 28 heavy (non-hydrogen) atoms. The molecule has 8 nitrogen and oxygen atoms in total. The van der Waals surface area contributed by atoms with Crippen molar-refractivity contribution in [2.75, 3.05) is 25.7 Å². The summed E-state index contributed by atoms with van der Waals surface area (Å²) in [5, 5.41) is 21.0. The minimum atomic E-state index is -0.571. The van der Waals surface area contributed by atoms with Gasteiger partial charge in [0, 0.05) is 18.0 Å². The highest BCUT2D eigenvalue weighted by atomic mass is 32.2. The molecule has 2 aromatic carbocycles. The van der Waals surface area contributed by atoms with Crippen molar-refractivity contribution >= 4 is 28.9 Å². The highest BCUT2D eigenvalue weighted by Gasteiger charge is 2.28. The second-order valence-electron chi connectivity index (χ2n) is 5.72. The minimum Gasteiger partial charge on any atom is -0.493 e. The molecule has 9 heteroatoms. The molecule has 3 rings (SSSR count). The van der Waals surface area contributed by atoms with Gasteiger partial charge < -0.3 is 14.4 Å². The Hall–Kier alpha value is -3.51. The number of anilines is 1. The molecule has 0 fully saturated rings. The molecular weight excluding hydrogens is 382 g/mol. The van der Waals surface area contributed by atoms with Crippen molar-refractivity contribution < 1.29 is 19.2 Å². The zero-order valence-corrected chi connectivity index (χ0v) is 15.9. The first-order valence-electron chi connectivity index (χ1n) is 8.09. The number of hydrogen-bond acceptors (Lipinski definition) is 8. The van der Waals surface area contributed by atoms with E-state index in [1.165, 1.54) is 37.1 Å². The lowest BCUT2D eigenvalue weighted by atomic mass is 10.2. The first-order valence-corrected chi connectivity index (χ1v) is 8.91. The number of ketones is 1. The number of Topliss-reactive ketones (excluding diaryl/α,β-unsaturated/α-hetero) is 1. The van der Waals surface area contributed by atoms with E-state index in [1.54, 1.807) is 11.9 Å². The zero-order chi connectivity index (χ0) is 20.3. The third-order valence-corrected chi connectivity index (χ3v) is 5.30. The lowest BCUT2D eigenvalue weighted by molar-refractivity contribution is -0.385. The summed E-state index contributed by atoms with van der Waals surface area (Å²) in [6, 6.07) is 13.4. The van der Waals surface area contributed by atoms with E-state index in [0.29, 0.717) is 5.03 Å². The Morgan fingerprint density at radius 3 is 2.68 bits per heavy atom. The number of nitro benzene ring substituents is 1. The highest BCUT2D eigenvalue weighted by molar-refractivity contribution is 8.03. The molecule has 2 aromatic rings. The lowest BCUT2D eigenvalue weighted by Crippen LogP contribution is -2.19. The van der Waals surface area contributed by atoms with E-state index in [0.717, 1.165) is 10.6 Å². The Bertz CT molecular complexity index is 1030. The largest absolute Gasteiger partial charge is 0.493 e. The van der Waals surface area contributed by atoms with Gasteiger partial charge in [0.05, 0.1) is 23.8 Å². The van der Waals surface area contributed by atoms with E-state index in [9.17, 15) is 20.2 Å². The van der Waals surface area contributed by atoms with Crippen molar-refractivity contribution in [2.45, 2.75) is 4.90 Å². The van der Waals surface area contributed by atoms with E-state index in [1.807, 2.05) is 30.3 Å². The molecule has 0 saturated heterocycles. The molecule has 0 amide bonds. The number of carbonyl (C=O) groups excluding carboxylic acids is 1. The molecule has 0 saturated carbocycles. The molecule has 0 aromatic heterocycles.